The van der Waals surface area contributed by atoms with Crippen molar-refractivity contribution in [3.63, 3.8) is 0 Å². The summed E-state index contributed by atoms with van der Waals surface area (Å²) < 4.78 is 0. The molecule has 9 nitrogen and oxygen atoms in total. The lowest BCUT2D eigenvalue weighted by atomic mass is 10.1. The van der Waals surface area contributed by atoms with Gasteiger partial charge in [-0.15, -0.1) is 11.3 Å². The summed E-state index contributed by atoms with van der Waals surface area (Å²) in [6.45, 7) is 5.21. The fourth-order valence-electron chi connectivity index (χ4n) is 3.44. The Bertz CT molecular complexity index is 1200. The summed E-state index contributed by atoms with van der Waals surface area (Å²) in [7, 11) is 0. The maximum absolute atomic E-state index is 12.4. The number of halogens is 1. The van der Waals surface area contributed by atoms with Crippen LogP contribution in [0.3, 0.4) is 0 Å². The number of benzene rings is 1. The number of carbonyl (C=O) groups is 2. The van der Waals surface area contributed by atoms with Gasteiger partial charge in [0.2, 0.25) is 11.9 Å². The molecular formula is C21H21ClN6O3S. The van der Waals surface area contributed by atoms with Crippen LogP contribution in [0.2, 0.25) is 5.02 Å². The third kappa shape index (κ3) is 4.38. The van der Waals surface area contributed by atoms with E-state index in [2.05, 4.69) is 25.9 Å². The molecule has 3 heterocycles. The number of aromatic nitrogens is 2. The van der Waals surface area contributed by atoms with Crippen LogP contribution in [0.25, 0.3) is 0 Å². The summed E-state index contributed by atoms with van der Waals surface area (Å²) in [6.07, 6.45) is 1.44. The Hall–Kier alpha value is -3.21. The number of aromatic carboxylic acids is 1. The van der Waals surface area contributed by atoms with Gasteiger partial charge in [0.1, 0.15) is 9.90 Å². The Balaban J connectivity index is 1.62. The Labute approximate surface area is 193 Å². The van der Waals surface area contributed by atoms with E-state index in [0.717, 1.165) is 28.2 Å². The Morgan fingerprint density at radius 2 is 2.16 bits per heavy atom. The second-order valence-corrected chi connectivity index (χ2v) is 8.44. The summed E-state index contributed by atoms with van der Waals surface area (Å²) in [5.74, 6) is -0.443. The molecule has 0 unspecified atom stereocenters. The number of anilines is 5. The zero-order chi connectivity index (χ0) is 22.8. The van der Waals surface area contributed by atoms with Gasteiger partial charge in [0.15, 0.2) is 5.82 Å². The number of aryl methyl sites for hydroxylation is 1. The quantitative estimate of drug-likeness (QED) is 0.422. The highest BCUT2D eigenvalue weighted by Gasteiger charge is 2.21. The number of nitrogens with one attached hydrogen (secondary N) is 3. The normalized spacial score (nSPS) is 13.5. The molecule has 1 aliphatic rings. The molecule has 32 heavy (non-hydrogen) atoms. The number of hydrogen-bond acceptors (Lipinski definition) is 8. The van der Waals surface area contributed by atoms with Gasteiger partial charge in [-0.1, -0.05) is 17.7 Å². The van der Waals surface area contributed by atoms with E-state index in [4.69, 9.17) is 11.6 Å². The monoisotopic (exact) mass is 472 g/mol. The molecule has 0 saturated heterocycles. The average molecular weight is 473 g/mol. The van der Waals surface area contributed by atoms with Crippen molar-refractivity contribution < 1.29 is 14.7 Å². The average Bonchev–Trinajstić information content (AvgIpc) is 3.04. The zero-order valence-electron chi connectivity index (χ0n) is 17.4. The van der Waals surface area contributed by atoms with Crippen molar-refractivity contribution in [2.75, 3.05) is 28.6 Å². The molecule has 0 aliphatic carbocycles. The van der Waals surface area contributed by atoms with Crippen LogP contribution in [0.5, 0.6) is 0 Å². The lowest BCUT2D eigenvalue weighted by Gasteiger charge is -2.21. The van der Waals surface area contributed by atoms with Crippen LogP contribution in [-0.2, 0) is 11.3 Å². The van der Waals surface area contributed by atoms with Gasteiger partial charge >= 0.3 is 5.97 Å². The number of amides is 1. The minimum Gasteiger partial charge on any atom is -0.477 e. The molecule has 1 aliphatic heterocycles. The Morgan fingerprint density at radius 1 is 1.34 bits per heavy atom. The predicted molar refractivity (Wildman–Crippen MR) is 126 cm³/mol. The standard InChI is InChI=1S/C21H21ClN6O3S/c1-3-28-15-6-13(5-4-12(15)7-23-9-16(28)29)25-21-24-8-14(22)19(27-21)26-17-11(2)10-32-18(17)20(30)31/h4-6,8,10,23H,3,7,9H2,1-2H3,(H,30,31)(H2,24,25,26,27). The number of thiophene rings is 1. The van der Waals surface area contributed by atoms with Crippen LogP contribution < -0.4 is 20.9 Å². The van der Waals surface area contributed by atoms with Crippen molar-refractivity contribution in [2.45, 2.75) is 20.4 Å². The number of fused-ring (bicyclic) bond motifs is 1. The fraction of sp³-hybridized carbons (Fsp3) is 0.238. The van der Waals surface area contributed by atoms with Gasteiger partial charge in [-0.3, -0.25) is 4.79 Å². The predicted octanol–water partition coefficient (Wildman–Crippen LogP) is 4.14. The highest BCUT2D eigenvalue weighted by atomic mass is 35.5. The first kappa shape index (κ1) is 22.0. The number of nitrogens with zero attached hydrogens (tertiary/aromatic N) is 3. The molecule has 166 valence electrons. The van der Waals surface area contributed by atoms with Gasteiger partial charge in [-0.25, -0.2) is 9.78 Å². The number of carboxylic acids is 1. The molecule has 3 aromatic rings. The molecule has 1 aromatic carbocycles. The minimum absolute atomic E-state index is 0.0120. The maximum Gasteiger partial charge on any atom is 0.348 e. The van der Waals surface area contributed by atoms with Gasteiger partial charge < -0.3 is 26.0 Å². The summed E-state index contributed by atoms with van der Waals surface area (Å²) in [4.78, 5) is 34.4. The molecule has 11 heteroatoms. The van der Waals surface area contributed by atoms with E-state index >= 15 is 0 Å². The molecule has 0 saturated carbocycles. The summed E-state index contributed by atoms with van der Waals surface area (Å²) in [6, 6.07) is 5.73. The van der Waals surface area contributed by atoms with Crippen LogP contribution in [0.4, 0.5) is 28.8 Å². The molecule has 4 N–H and O–H groups in total. The number of carbonyl (C=O) groups excluding carboxylic acids is 1. The van der Waals surface area contributed by atoms with Gasteiger partial charge in [0.25, 0.3) is 0 Å². The summed E-state index contributed by atoms with van der Waals surface area (Å²) >= 11 is 7.39. The van der Waals surface area contributed by atoms with E-state index in [-0.39, 0.29) is 27.6 Å². The number of rotatable bonds is 6. The molecule has 1 amide bonds. The molecule has 0 fully saturated rings. The lowest BCUT2D eigenvalue weighted by Crippen LogP contribution is -2.35. The molecule has 0 bridgehead atoms. The second-order valence-electron chi connectivity index (χ2n) is 7.15. The minimum atomic E-state index is -1.02. The number of hydrogen-bond donors (Lipinski definition) is 4. The van der Waals surface area contributed by atoms with Crippen LogP contribution >= 0.6 is 22.9 Å². The molecule has 2 aromatic heterocycles. The van der Waals surface area contributed by atoms with Crippen LogP contribution in [0.1, 0.15) is 27.7 Å². The molecule has 0 radical (unpaired) electrons. The largest absolute Gasteiger partial charge is 0.477 e. The van der Waals surface area contributed by atoms with Crippen molar-refractivity contribution in [1.29, 1.82) is 0 Å². The van der Waals surface area contributed by atoms with Gasteiger partial charge in [-0.05, 0) is 42.5 Å². The number of carboxylic acid groups (broad SMARTS) is 1. The van der Waals surface area contributed by atoms with Gasteiger partial charge in [-0.2, -0.15) is 4.98 Å². The first-order valence-corrected chi connectivity index (χ1v) is 11.1. The molecular weight excluding hydrogens is 452 g/mol. The lowest BCUT2D eigenvalue weighted by molar-refractivity contribution is -0.117. The smallest absolute Gasteiger partial charge is 0.348 e. The van der Waals surface area contributed by atoms with Gasteiger partial charge in [0, 0.05) is 18.8 Å². The maximum atomic E-state index is 12.4. The van der Waals surface area contributed by atoms with Crippen molar-refractivity contribution in [1.82, 2.24) is 15.3 Å². The topological polar surface area (TPSA) is 119 Å². The Kier molecular flexibility index (Phi) is 6.26. The molecule has 0 spiro atoms. The van der Waals surface area contributed by atoms with E-state index in [0.29, 0.717) is 31.0 Å². The summed E-state index contributed by atoms with van der Waals surface area (Å²) in [5, 5.41) is 20.7. The van der Waals surface area contributed by atoms with Crippen molar-refractivity contribution in [3.05, 3.63) is 50.8 Å². The van der Waals surface area contributed by atoms with E-state index in [1.54, 1.807) is 10.3 Å². The van der Waals surface area contributed by atoms with E-state index in [9.17, 15) is 14.7 Å². The Morgan fingerprint density at radius 3 is 2.91 bits per heavy atom. The first-order chi connectivity index (χ1) is 15.4. The zero-order valence-corrected chi connectivity index (χ0v) is 19.0. The van der Waals surface area contributed by atoms with Gasteiger partial charge in [0.05, 0.1) is 24.1 Å². The second kappa shape index (κ2) is 9.11. The van der Waals surface area contributed by atoms with Crippen LogP contribution in [0.15, 0.2) is 29.8 Å². The van der Waals surface area contributed by atoms with Crippen LogP contribution in [-0.4, -0.2) is 40.0 Å². The molecule has 0 atom stereocenters. The van der Waals surface area contributed by atoms with E-state index in [1.807, 2.05) is 32.0 Å². The third-order valence-electron chi connectivity index (χ3n) is 5.00. The first-order valence-electron chi connectivity index (χ1n) is 9.89. The SMILES string of the molecule is CCN1C(=O)CNCc2ccc(Nc3ncc(Cl)c(Nc4c(C)csc4C(=O)O)n3)cc21. The highest BCUT2D eigenvalue weighted by molar-refractivity contribution is 7.12. The van der Waals surface area contributed by atoms with Crippen molar-refractivity contribution >= 4 is 63.6 Å². The number of likely N-dealkylation sites (N-methyl/N-ethyl adjacent to an activating group) is 1. The molecule has 4 rings (SSSR count). The van der Waals surface area contributed by atoms with Crippen molar-refractivity contribution in [3.8, 4) is 0 Å². The summed E-state index contributed by atoms with van der Waals surface area (Å²) in [5.41, 5.74) is 3.80. The highest BCUT2D eigenvalue weighted by Crippen LogP contribution is 2.33. The third-order valence-corrected chi connectivity index (χ3v) is 6.36. The van der Waals surface area contributed by atoms with E-state index < -0.39 is 5.97 Å². The van der Waals surface area contributed by atoms with E-state index in [1.165, 1.54) is 6.20 Å². The van der Waals surface area contributed by atoms with Crippen molar-refractivity contribution in [2.24, 2.45) is 0 Å². The van der Waals surface area contributed by atoms with Crippen LogP contribution in [0, 0.1) is 6.92 Å². The fourth-order valence-corrected chi connectivity index (χ4v) is 4.42.